The van der Waals surface area contributed by atoms with Gasteiger partial charge in [0, 0.05) is 19.5 Å². The summed E-state index contributed by atoms with van der Waals surface area (Å²) in [5.74, 6) is 0.213. The maximum atomic E-state index is 12.2. The number of ketones is 1. The summed E-state index contributed by atoms with van der Waals surface area (Å²) in [4.78, 5) is 31.4. The molecule has 1 atom stereocenters. The van der Waals surface area contributed by atoms with E-state index in [1.165, 1.54) is 11.3 Å². The molecule has 1 fully saturated rings. The molecule has 1 aliphatic heterocycles. The minimum Gasteiger partial charge on any atom is -0.353 e. The van der Waals surface area contributed by atoms with E-state index < -0.39 is 0 Å². The van der Waals surface area contributed by atoms with Gasteiger partial charge in [-0.05, 0) is 18.8 Å². The number of carbonyl (C=O) groups is 2. The second kappa shape index (κ2) is 4.55. The predicted molar refractivity (Wildman–Crippen MR) is 78.4 cm³/mol. The van der Waals surface area contributed by atoms with Crippen molar-refractivity contribution in [3.63, 3.8) is 0 Å². The minimum absolute atomic E-state index is 0.0136. The van der Waals surface area contributed by atoms with Gasteiger partial charge >= 0.3 is 0 Å². The molecule has 0 bridgehead atoms. The highest BCUT2D eigenvalue weighted by atomic mass is 32.1. The molecule has 108 valence electrons. The van der Waals surface area contributed by atoms with Gasteiger partial charge in [-0.2, -0.15) is 0 Å². The molecule has 1 saturated heterocycles. The van der Waals surface area contributed by atoms with E-state index in [0.29, 0.717) is 13.0 Å². The highest BCUT2D eigenvalue weighted by molar-refractivity contribution is 7.17. The summed E-state index contributed by atoms with van der Waals surface area (Å²) in [5.41, 5.74) is 0.893. The van der Waals surface area contributed by atoms with Crippen LogP contribution < -0.4 is 10.2 Å². The van der Waals surface area contributed by atoms with Crippen LogP contribution in [0.4, 0.5) is 5.13 Å². The lowest BCUT2D eigenvalue weighted by Crippen LogP contribution is -2.54. The van der Waals surface area contributed by atoms with Crippen LogP contribution in [0.1, 0.15) is 42.6 Å². The Kier molecular flexibility index (Phi) is 3.08. The molecule has 1 aromatic rings. The zero-order valence-corrected chi connectivity index (χ0v) is 12.8. The van der Waals surface area contributed by atoms with Crippen molar-refractivity contribution >= 4 is 28.2 Å². The summed E-state index contributed by atoms with van der Waals surface area (Å²) in [5, 5.41) is 3.65. The molecule has 6 heteroatoms. The first kappa shape index (κ1) is 13.5. The van der Waals surface area contributed by atoms with Crippen LogP contribution in [-0.2, 0) is 11.2 Å². The largest absolute Gasteiger partial charge is 0.353 e. The first-order valence-electron chi connectivity index (χ1n) is 6.95. The third kappa shape index (κ3) is 2.22. The molecule has 2 heterocycles. The van der Waals surface area contributed by atoms with Crippen LogP contribution in [0.15, 0.2) is 0 Å². The molecule has 0 saturated carbocycles. The van der Waals surface area contributed by atoms with E-state index >= 15 is 0 Å². The fraction of sp³-hybridized carbons (Fsp3) is 0.643. The molecular formula is C14H19N3O2S. The van der Waals surface area contributed by atoms with Crippen molar-refractivity contribution in [3.8, 4) is 0 Å². The predicted octanol–water partition coefficient (Wildman–Crippen LogP) is 1.62. The van der Waals surface area contributed by atoms with Crippen LogP contribution in [0.25, 0.3) is 0 Å². The standard InChI is InChI=1S/C14H19N3O2S/c1-8-12(19)15-4-5-17(8)13-16-9-6-14(2,3)7-10(18)11(9)20-13/h8H,4-7H2,1-3H3,(H,15,19). The van der Waals surface area contributed by atoms with Crippen molar-refractivity contribution < 1.29 is 9.59 Å². The second-order valence-electron chi connectivity index (χ2n) is 6.37. The quantitative estimate of drug-likeness (QED) is 0.855. The Bertz CT molecular complexity index is 579. The van der Waals surface area contributed by atoms with Gasteiger partial charge in [-0.1, -0.05) is 25.2 Å². The summed E-state index contributed by atoms with van der Waals surface area (Å²) in [6.07, 6.45) is 1.41. The SMILES string of the molecule is CC1C(=O)NCCN1c1nc2c(s1)C(=O)CC(C)(C)C2. The van der Waals surface area contributed by atoms with Crippen LogP contribution in [0, 0.1) is 5.41 Å². The molecule has 1 N–H and O–H groups in total. The van der Waals surface area contributed by atoms with Crippen molar-refractivity contribution in [1.82, 2.24) is 10.3 Å². The fourth-order valence-electron chi connectivity index (χ4n) is 2.87. The van der Waals surface area contributed by atoms with Gasteiger partial charge in [0.25, 0.3) is 0 Å². The molecule has 1 unspecified atom stereocenters. The number of thiazole rings is 1. The number of Topliss-reactive ketones (excluding diaryl/α,β-unsaturated/α-hetero) is 1. The lowest BCUT2D eigenvalue weighted by atomic mass is 9.78. The normalized spacial score (nSPS) is 25.4. The molecule has 1 aromatic heterocycles. The number of aromatic nitrogens is 1. The lowest BCUT2D eigenvalue weighted by Gasteiger charge is -2.32. The Morgan fingerprint density at radius 1 is 1.35 bits per heavy atom. The first-order valence-corrected chi connectivity index (χ1v) is 7.76. The van der Waals surface area contributed by atoms with E-state index in [1.807, 2.05) is 11.8 Å². The van der Waals surface area contributed by atoms with Crippen molar-refractivity contribution in [1.29, 1.82) is 0 Å². The number of nitrogens with one attached hydrogen (secondary N) is 1. The lowest BCUT2D eigenvalue weighted by molar-refractivity contribution is -0.122. The third-order valence-electron chi connectivity index (χ3n) is 3.97. The molecule has 1 aliphatic carbocycles. The number of hydrogen-bond donors (Lipinski definition) is 1. The summed E-state index contributed by atoms with van der Waals surface area (Å²) >= 11 is 1.44. The molecule has 0 radical (unpaired) electrons. The van der Waals surface area contributed by atoms with Gasteiger partial charge in [-0.15, -0.1) is 0 Å². The average molecular weight is 293 g/mol. The fourth-order valence-corrected chi connectivity index (χ4v) is 4.00. The van der Waals surface area contributed by atoms with Gasteiger partial charge in [0.2, 0.25) is 5.91 Å². The van der Waals surface area contributed by atoms with Crippen LogP contribution in [-0.4, -0.2) is 35.8 Å². The molecule has 5 nitrogen and oxygen atoms in total. The van der Waals surface area contributed by atoms with Crippen LogP contribution in [0.3, 0.4) is 0 Å². The number of anilines is 1. The van der Waals surface area contributed by atoms with E-state index in [4.69, 9.17) is 0 Å². The van der Waals surface area contributed by atoms with Gasteiger partial charge < -0.3 is 10.2 Å². The molecule has 20 heavy (non-hydrogen) atoms. The van der Waals surface area contributed by atoms with Gasteiger partial charge in [-0.25, -0.2) is 4.98 Å². The minimum atomic E-state index is -0.223. The maximum absolute atomic E-state index is 12.2. The number of carbonyl (C=O) groups excluding carboxylic acids is 2. The number of piperazine rings is 1. The first-order chi connectivity index (χ1) is 9.37. The van der Waals surface area contributed by atoms with Crippen LogP contribution in [0.2, 0.25) is 0 Å². The van der Waals surface area contributed by atoms with E-state index in [-0.39, 0.29) is 23.1 Å². The van der Waals surface area contributed by atoms with Crippen molar-refractivity contribution in [3.05, 3.63) is 10.6 Å². The zero-order valence-electron chi connectivity index (χ0n) is 12.0. The Hall–Kier alpha value is -1.43. The summed E-state index contributed by atoms with van der Waals surface area (Å²) in [7, 11) is 0. The summed E-state index contributed by atoms with van der Waals surface area (Å²) in [6, 6.07) is -0.223. The molecular weight excluding hydrogens is 274 g/mol. The smallest absolute Gasteiger partial charge is 0.242 e. The third-order valence-corrected chi connectivity index (χ3v) is 5.14. The number of nitrogens with zero attached hydrogens (tertiary/aromatic N) is 2. The highest BCUT2D eigenvalue weighted by Gasteiger charge is 2.36. The monoisotopic (exact) mass is 293 g/mol. The molecule has 1 amide bonds. The molecule has 0 aromatic carbocycles. The Morgan fingerprint density at radius 3 is 2.85 bits per heavy atom. The Labute approximate surface area is 122 Å². The zero-order chi connectivity index (χ0) is 14.5. The second-order valence-corrected chi connectivity index (χ2v) is 7.35. The number of rotatable bonds is 1. The van der Waals surface area contributed by atoms with Gasteiger partial charge in [-0.3, -0.25) is 9.59 Å². The Morgan fingerprint density at radius 2 is 2.10 bits per heavy atom. The van der Waals surface area contributed by atoms with E-state index in [0.717, 1.165) is 28.7 Å². The van der Waals surface area contributed by atoms with Gasteiger partial charge in [0.1, 0.15) is 6.04 Å². The van der Waals surface area contributed by atoms with Crippen LogP contribution >= 0.6 is 11.3 Å². The topological polar surface area (TPSA) is 62.3 Å². The average Bonchev–Trinajstić information content (AvgIpc) is 2.75. The summed E-state index contributed by atoms with van der Waals surface area (Å²) in [6.45, 7) is 7.46. The molecule has 0 spiro atoms. The summed E-state index contributed by atoms with van der Waals surface area (Å²) < 4.78 is 0. The van der Waals surface area contributed by atoms with E-state index in [2.05, 4.69) is 24.1 Å². The number of fused-ring (bicyclic) bond motifs is 1. The highest BCUT2D eigenvalue weighted by Crippen LogP contribution is 2.39. The van der Waals surface area contributed by atoms with Gasteiger partial charge in [0.05, 0.1) is 10.6 Å². The maximum Gasteiger partial charge on any atom is 0.242 e. The van der Waals surface area contributed by atoms with Gasteiger partial charge in [0.15, 0.2) is 10.9 Å². The van der Waals surface area contributed by atoms with Crippen molar-refractivity contribution in [2.75, 3.05) is 18.0 Å². The van der Waals surface area contributed by atoms with E-state index in [9.17, 15) is 9.59 Å². The van der Waals surface area contributed by atoms with Crippen LogP contribution in [0.5, 0.6) is 0 Å². The Balaban J connectivity index is 1.94. The van der Waals surface area contributed by atoms with E-state index in [1.54, 1.807) is 0 Å². The number of hydrogen-bond acceptors (Lipinski definition) is 5. The van der Waals surface area contributed by atoms with Crippen molar-refractivity contribution in [2.45, 2.75) is 39.7 Å². The molecule has 2 aliphatic rings. The molecule has 3 rings (SSSR count). The van der Waals surface area contributed by atoms with Crippen molar-refractivity contribution in [2.24, 2.45) is 5.41 Å². The number of amides is 1.